The van der Waals surface area contributed by atoms with E-state index in [9.17, 15) is 14.4 Å². The number of nitrogens with one attached hydrogen (secondary N) is 1. The van der Waals surface area contributed by atoms with E-state index in [1.165, 1.54) is 0 Å². The SMILES string of the molecule is CCCCCOC(=O)c1ccc(NC(=O)[C@H]2CC(=O)N(c3cccc(OC)c3)C2)cc1. The van der Waals surface area contributed by atoms with Crippen molar-refractivity contribution < 1.29 is 23.9 Å². The van der Waals surface area contributed by atoms with E-state index in [0.717, 1.165) is 19.3 Å². The predicted molar refractivity (Wildman–Crippen MR) is 118 cm³/mol. The molecule has 0 aliphatic carbocycles. The second-order valence-corrected chi connectivity index (χ2v) is 7.52. The molecule has 0 unspecified atom stereocenters. The van der Waals surface area contributed by atoms with E-state index in [2.05, 4.69) is 12.2 Å². The molecule has 1 aliphatic rings. The Labute approximate surface area is 182 Å². The number of anilines is 2. The predicted octanol–water partition coefficient (Wildman–Crippen LogP) is 4.03. The Morgan fingerprint density at radius 1 is 1.13 bits per heavy atom. The smallest absolute Gasteiger partial charge is 0.338 e. The fourth-order valence-electron chi connectivity index (χ4n) is 3.45. The molecule has 1 atom stereocenters. The number of unbranched alkanes of at least 4 members (excludes halogenated alkanes) is 2. The molecule has 1 heterocycles. The van der Waals surface area contributed by atoms with E-state index < -0.39 is 5.92 Å². The molecule has 2 amide bonds. The summed E-state index contributed by atoms with van der Waals surface area (Å²) in [5.74, 6) is -0.503. The summed E-state index contributed by atoms with van der Waals surface area (Å²) in [6.07, 6.45) is 3.08. The molecule has 0 radical (unpaired) electrons. The van der Waals surface area contributed by atoms with Crippen LogP contribution in [0.2, 0.25) is 0 Å². The number of carbonyl (C=O) groups is 3. The molecule has 7 heteroatoms. The number of rotatable bonds is 9. The first-order valence-electron chi connectivity index (χ1n) is 10.5. The van der Waals surface area contributed by atoms with E-state index in [-0.39, 0.29) is 24.2 Å². The van der Waals surface area contributed by atoms with Gasteiger partial charge in [0, 0.05) is 30.4 Å². The van der Waals surface area contributed by atoms with E-state index in [0.29, 0.717) is 35.8 Å². The van der Waals surface area contributed by atoms with Crippen LogP contribution in [0.3, 0.4) is 0 Å². The van der Waals surface area contributed by atoms with Crippen molar-refractivity contribution in [1.82, 2.24) is 0 Å². The number of carbonyl (C=O) groups excluding carboxylic acids is 3. The third kappa shape index (κ3) is 5.84. The molecule has 0 aromatic heterocycles. The summed E-state index contributed by atoms with van der Waals surface area (Å²) in [6, 6.07) is 13.8. The zero-order valence-electron chi connectivity index (χ0n) is 17.9. The van der Waals surface area contributed by atoms with Crippen LogP contribution < -0.4 is 15.0 Å². The normalized spacial score (nSPS) is 15.6. The Bertz CT molecular complexity index is 926. The molecule has 0 saturated carbocycles. The van der Waals surface area contributed by atoms with Gasteiger partial charge in [-0.25, -0.2) is 4.79 Å². The molecular formula is C24H28N2O5. The zero-order chi connectivity index (χ0) is 22.2. The largest absolute Gasteiger partial charge is 0.497 e. The van der Waals surface area contributed by atoms with Crippen molar-refractivity contribution in [3.05, 3.63) is 54.1 Å². The monoisotopic (exact) mass is 424 g/mol. The number of ether oxygens (including phenoxy) is 2. The summed E-state index contributed by atoms with van der Waals surface area (Å²) in [5.41, 5.74) is 1.72. The number of amides is 2. The number of nitrogens with zero attached hydrogens (tertiary/aromatic N) is 1. The second kappa shape index (κ2) is 10.6. The van der Waals surface area contributed by atoms with Crippen LogP contribution in [-0.2, 0) is 14.3 Å². The highest BCUT2D eigenvalue weighted by molar-refractivity contribution is 6.03. The van der Waals surface area contributed by atoms with Gasteiger partial charge in [0.25, 0.3) is 0 Å². The minimum absolute atomic E-state index is 0.102. The molecule has 0 bridgehead atoms. The van der Waals surface area contributed by atoms with Crippen molar-refractivity contribution in [2.45, 2.75) is 32.6 Å². The van der Waals surface area contributed by atoms with Gasteiger partial charge in [0.05, 0.1) is 25.2 Å². The quantitative estimate of drug-likeness (QED) is 0.485. The zero-order valence-corrected chi connectivity index (χ0v) is 17.9. The third-order valence-corrected chi connectivity index (χ3v) is 5.23. The maximum Gasteiger partial charge on any atom is 0.338 e. The summed E-state index contributed by atoms with van der Waals surface area (Å²) in [6.45, 7) is 2.80. The molecule has 164 valence electrons. The van der Waals surface area contributed by atoms with Gasteiger partial charge in [0.1, 0.15) is 5.75 Å². The first-order chi connectivity index (χ1) is 15.0. The number of benzene rings is 2. The van der Waals surface area contributed by atoms with Gasteiger partial charge in [-0.15, -0.1) is 0 Å². The van der Waals surface area contributed by atoms with Gasteiger partial charge in [0.15, 0.2) is 0 Å². The molecular weight excluding hydrogens is 396 g/mol. The summed E-state index contributed by atoms with van der Waals surface area (Å²) in [7, 11) is 1.57. The average Bonchev–Trinajstić information content (AvgIpc) is 3.19. The molecule has 3 rings (SSSR count). The lowest BCUT2D eigenvalue weighted by molar-refractivity contribution is -0.122. The van der Waals surface area contributed by atoms with Crippen LogP contribution in [0.5, 0.6) is 5.75 Å². The molecule has 1 aliphatic heterocycles. The van der Waals surface area contributed by atoms with Gasteiger partial charge in [-0.2, -0.15) is 0 Å². The number of methoxy groups -OCH3 is 1. The van der Waals surface area contributed by atoms with E-state index >= 15 is 0 Å². The topological polar surface area (TPSA) is 84.9 Å². The molecule has 7 nitrogen and oxygen atoms in total. The van der Waals surface area contributed by atoms with Crippen LogP contribution in [0.4, 0.5) is 11.4 Å². The van der Waals surface area contributed by atoms with E-state index in [1.54, 1.807) is 48.4 Å². The average molecular weight is 424 g/mol. The van der Waals surface area contributed by atoms with Crippen molar-refractivity contribution in [2.24, 2.45) is 5.92 Å². The number of hydrogen-bond donors (Lipinski definition) is 1. The first kappa shape index (κ1) is 22.3. The van der Waals surface area contributed by atoms with Gasteiger partial charge in [-0.1, -0.05) is 25.8 Å². The lowest BCUT2D eigenvalue weighted by atomic mass is 10.1. The molecule has 1 fully saturated rings. The molecule has 2 aromatic rings. The standard InChI is InChI=1S/C24H28N2O5/c1-3-4-5-13-31-24(29)17-9-11-19(12-10-17)25-23(28)18-14-22(27)26(16-18)20-7-6-8-21(15-20)30-2/h6-12,15,18H,3-5,13-14,16H2,1-2H3,(H,25,28)/t18-/m0/s1. The summed E-state index contributed by atoms with van der Waals surface area (Å²) >= 11 is 0. The molecule has 31 heavy (non-hydrogen) atoms. The fraction of sp³-hybridized carbons (Fsp3) is 0.375. The first-order valence-corrected chi connectivity index (χ1v) is 10.5. The Morgan fingerprint density at radius 3 is 2.61 bits per heavy atom. The van der Waals surface area contributed by atoms with Crippen LogP contribution >= 0.6 is 0 Å². The van der Waals surface area contributed by atoms with Crippen molar-refractivity contribution in [3.8, 4) is 5.75 Å². The van der Waals surface area contributed by atoms with Crippen LogP contribution in [0, 0.1) is 5.92 Å². The van der Waals surface area contributed by atoms with Crippen molar-refractivity contribution in [1.29, 1.82) is 0 Å². The van der Waals surface area contributed by atoms with Crippen molar-refractivity contribution >= 4 is 29.2 Å². The third-order valence-electron chi connectivity index (χ3n) is 5.23. The Balaban J connectivity index is 1.55. The maximum atomic E-state index is 12.7. The Hall–Kier alpha value is -3.35. The van der Waals surface area contributed by atoms with Gasteiger partial charge in [-0.3, -0.25) is 9.59 Å². The maximum absolute atomic E-state index is 12.7. The van der Waals surface area contributed by atoms with Crippen LogP contribution in [0.25, 0.3) is 0 Å². The highest BCUT2D eigenvalue weighted by Gasteiger charge is 2.35. The second-order valence-electron chi connectivity index (χ2n) is 7.52. The van der Waals surface area contributed by atoms with Gasteiger partial charge in [0.2, 0.25) is 11.8 Å². The highest BCUT2D eigenvalue weighted by atomic mass is 16.5. The van der Waals surface area contributed by atoms with Gasteiger partial charge >= 0.3 is 5.97 Å². The lowest BCUT2D eigenvalue weighted by Crippen LogP contribution is -2.28. The molecule has 0 spiro atoms. The van der Waals surface area contributed by atoms with Crippen molar-refractivity contribution in [3.63, 3.8) is 0 Å². The van der Waals surface area contributed by atoms with Crippen molar-refractivity contribution in [2.75, 3.05) is 30.5 Å². The minimum atomic E-state index is -0.457. The van der Waals surface area contributed by atoms with E-state index in [4.69, 9.17) is 9.47 Å². The van der Waals surface area contributed by atoms with Gasteiger partial charge in [-0.05, 0) is 42.8 Å². The molecule has 1 saturated heterocycles. The number of esters is 1. The summed E-state index contributed by atoms with van der Waals surface area (Å²) in [5, 5.41) is 2.83. The Morgan fingerprint density at radius 2 is 1.90 bits per heavy atom. The van der Waals surface area contributed by atoms with Crippen LogP contribution in [0.1, 0.15) is 43.0 Å². The van der Waals surface area contributed by atoms with Gasteiger partial charge < -0.3 is 19.7 Å². The molecule has 1 N–H and O–H groups in total. The highest BCUT2D eigenvalue weighted by Crippen LogP contribution is 2.28. The Kier molecular flexibility index (Phi) is 7.65. The summed E-state index contributed by atoms with van der Waals surface area (Å²) in [4.78, 5) is 38.8. The minimum Gasteiger partial charge on any atom is -0.497 e. The van der Waals surface area contributed by atoms with Crippen LogP contribution in [0.15, 0.2) is 48.5 Å². The van der Waals surface area contributed by atoms with E-state index in [1.807, 2.05) is 12.1 Å². The summed E-state index contributed by atoms with van der Waals surface area (Å²) < 4.78 is 10.4. The molecule has 2 aromatic carbocycles. The lowest BCUT2D eigenvalue weighted by Gasteiger charge is -2.17. The van der Waals surface area contributed by atoms with Crippen LogP contribution in [-0.4, -0.2) is 38.0 Å². The number of hydrogen-bond acceptors (Lipinski definition) is 5. The fourth-order valence-corrected chi connectivity index (χ4v) is 3.45.